The SMILES string of the molecule is NNC(=O)C1CC2CC3c4[nH]c5ccccc5c4CCN3CC2CC1O. The third-order valence-corrected chi connectivity index (χ3v) is 6.98. The van der Waals surface area contributed by atoms with Crippen LogP contribution in [-0.4, -0.2) is 40.1 Å². The second-order valence-electron chi connectivity index (χ2n) is 8.23. The van der Waals surface area contributed by atoms with Crippen LogP contribution in [0.2, 0.25) is 0 Å². The predicted octanol–water partition coefficient (Wildman–Crippen LogP) is 1.46. The Labute approximate surface area is 152 Å². The van der Waals surface area contributed by atoms with Crippen LogP contribution in [0.3, 0.4) is 0 Å². The van der Waals surface area contributed by atoms with Crippen molar-refractivity contribution in [1.29, 1.82) is 0 Å². The van der Waals surface area contributed by atoms with Gasteiger partial charge in [-0.25, -0.2) is 5.84 Å². The zero-order chi connectivity index (χ0) is 17.8. The van der Waals surface area contributed by atoms with Crippen molar-refractivity contribution >= 4 is 16.8 Å². The lowest BCUT2D eigenvalue weighted by Gasteiger charge is -2.50. The maximum Gasteiger partial charge on any atom is 0.239 e. The number of aromatic nitrogens is 1. The molecule has 6 nitrogen and oxygen atoms in total. The number of para-hydroxylation sites is 1. The van der Waals surface area contributed by atoms with Gasteiger partial charge in [0.15, 0.2) is 0 Å². The lowest BCUT2D eigenvalue weighted by molar-refractivity contribution is -0.134. The second-order valence-corrected chi connectivity index (χ2v) is 8.23. The van der Waals surface area contributed by atoms with Crippen LogP contribution in [0.25, 0.3) is 10.9 Å². The number of aromatic amines is 1. The Morgan fingerprint density at radius 1 is 1.23 bits per heavy atom. The minimum absolute atomic E-state index is 0.228. The Morgan fingerprint density at radius 2 is 2.08 bits per heavy atom. The van der Waals surface area contributed by atoms with Gasteiger partial charge in [-0.2, -0.15) is 0 Å². The van der Waals surface area contributed by atoms with E-state index >= 15 is 0 Å². The van der Waals surface area contributed by atoms with E-state index in [1.54, 1.807) is 0 Å². The Morgan fingerprint density at radius 3 is 2.92 bits per heavy atom. The number of H-pyrrole nitrogens is 1. The fraction of sp³-hybridized carbons (Fsp3) is 0.550. The molecule has 26 heavy (non-hydrogen) atoms. The van der Waals surface area contributed by atoms with Crippen molar-refractivity contribution in [2.45, 2.75) is 37.8 Å². The number of piperidine rings is 1. The summed E-state index contributed by atoms with van der Waals surface area (Å²) < 4.78 is 0. The number of hydrogen-bond donors (Lipinski definition) is 4. The standard InChI is InChI=1S/C20H26N4O2/c21-23-20(26)15-7-11-8-17-19-14(13-3-1-2-4-16(13)22-19)5-6-24(17)10-12(11)9-18(15)25/h1-4,11-12,15,17-18,22,25H,5-10,21H2,(H,23,26). The minimum Gasteiger partial charge on any atom is -0.392 e. The highest BCUT2D eigenvalue weighted by molar-refractivity contribution is 5.85. The Bertz CT molecular complexity index is 847. The Kier molecular flexibility index (Phi) is 3.81. The van der Waals surface area contributed by atoms with Crippen molar-refractivity contribution in [2.24, 2.45) is 23.6 Å². The molecule has 1 aromatic heterocycles. The molecule has 0 bridgehead atoms. The Balaban J connectivity index is 1.45. The number of nitrogens with zero attached hydrogens (tertiary/aromatic N) is 1. The van der Waals surface area contributed by atoms with Gasteiger partial charge in [-0.1, -0.05) is 18.2 Å². The summed E-state index contributed by atoms with van der Waals surface area (Å²) in [5, 5.41) is 11.8. The molecule has 1 saturated heterocycles. The quantitative estimate of drug-likeness (QED) is 0.354. The monoisotopic (exact) mass is 354 g/mol. The van der Waals surface area contributed by atoms with E-state index in [1.807, 2.05) is 0 Å². The van der Waals surface area contributed by atoms with Gasteiger partial charge >= 0.3 is 0 Å². The van der Waals surface area contributed by atoms with Gasteiger partial charge in [0, 0.05) is 29.7 Å². The molecule has 3 aliphatic rings. The number of aliphatic hydroxyl groups is 1. The lowest BCUT2D eigenvalue weighted by Crippen LogP contribution is -2.52. The molecule has 5 unspecified atom stereocenters. The first-order chi connectivity index (χ1) is 12.7. The van der Waals surface area contributed by atoms with E-state index in [0.29, 0.717) is 24.3 Å². The third kappa shape index (κ3) is 2.40. The first kappa shape index (κ1) is 16.3. The third-order valence-electron chi connectivity index (χ3n) is 6.98. The molecule has 5 rings (SSSR count). The maximum absolute atomic E-state index is 12.0. The molecule has 3 heterocycles. The smallest absolute Gasteiger partial charge is 0.239 e. The Hall–Kier alpha value is -1.89. The largest absolute Gasteiger partial charge is 0.392 e. The molecule has 0 radical (unpaired) electrons. The number of benzene rings is 1. The van der Waals surface area contributed by atoms with E-state index in [9.17, 15) is 9.90 Å². The van der Waals surface area contributed by atoms with Crippen molar-refractivity contribution in [2.75, 3.05) is 13.1 Å². The van der Waals surface area contributed by atoms with E-state index in [0.717, 1.165) is 32.4 Å². The number of nitrogens with two attached hydrogens (primary N) is 1. The van der Waals surface area contributed by atoms with E-state index in [1.165, 1.54) is 22.2 Å². The number of rotatable bonds is 1. The van der Waals surface area contributed by atoms with Crippen molar-refractivity contribution in [3.63, 3.8) is 0 Å². The van der Waals surface area contributed by atoms with E-state index in [4.69, 9.17) is 5.84 Å². The van der Waals surface area contributed by atoms with Crippen LogP contribution in [0.15, 0.2) is 24.3 Å². The minimum atomic E-state index is -0.579. The molecule has 5 atom stereocenters. The number of fused-ring (bicyclic) bond motifs is 6. The maximum atomic E-state index is 12.0. The van der Waals surface area contributed by atoms with Gasteiger partial charge in [0.2, 0.25) is 5.91 Å². The molecule has 2 fully saturated rings. The van der Waals surface area contributed by atoms with Gasteiger partial charge in [0.1, 0.15) is 0 Å². The number of carbonyl (C=O) groups is 1. The predicted molar refractivity (Wildman–Crippen MR) is 99.0 cm³/mol. The fourth-order valence-electron chi connectivity index (χ4n) is 5.69. The average molecular weight is 354 g/mol. The lowest BCUT2D eigenvalue weighted by atomic mass is 9.66. The summed E-state index contributed by atoms with van der Waals surface area (Å²) in [6, 6.07) is 8.95. The van der Waals surface area contributed by atoms with Crippen LogP contribution in [0.4, 0.5) is 0 Å². The van der Waals surface area contributed by atoms with Gasteiger partial charge in [0.05, 0.1) is 18.1 Å². The summed E-state index contributed by atoms with van der Waals surface area (Å²) in [6.07, 6.45) is 2.98. The normalized spacial score (nSPS) is 34.0. The molecule has 0 spiro atoms. The van der Waals surface area contributed by atoms with Crippen molar-refractivity contribution in [3.8, 4) is 0 Å². The van der Waals surface area contributed by atoms with Gasteiger partial charge in [-0.3, -0.25) is 15.1 Å². The molecule has 2 aliphatic heterocycles. The molecule has 1 amide bonds. The summed E-state index contributed by atoms with van der Waals surface area (Å²) in [6.45, 7) is 2.09. The second kappa shape index (κ2) is 6.08. The first-order valence-corrected chi connectivity index (χ1v) is 9.67. The highest BCUT2D eigenvalue weighted by Crippen LogP contribution is 2.48. The van der Waals surface area contributed by atoms with Crippen molar-refractivity contribution in [1.82, 2.24) is 15.3 Å². The first-order valence-electron chi connectivity index (χ1n) is 9.67. The zero-order valence-electron chi connectivity index (χ0n) is 14.8. The molecule has 1 aromatic carbocycles. The molecule has 5 N–H and O–H groups in total. The van der Waals surface area contributed by atoms with Crippen molar-refractivity contribution < 1.29 is 9.90 Å². The van der Waals surface area contributed by atoms with Crippen LogP contribution in [0.1, 0.15) is 36.6 Å². The van der Waals surface area contributed by atoms with Gasteiger partial charge in [-0.15, -0.1) is 0 Å². The molecular weight excluding hydrogens is 328 g/mol. The molecule has 1 aliphatic carbocycles. The summed E-state index contributed by atoms with van der Waals surface area (Å²) in [4.78, 5) is 18.3. The summed E-state index contributed by atoms with van der Waals surface area (Å²) in [5.74, 6) is 5.64. The van der Waals surface area contributed by atoms with E-state index < -0.39 is 6.10 Å². The number of carbonyl (C=O) groups excluding carboxylic acids is 1. The summed E-state index contributed by atoms with van der Waals surface area (Å²) in [7, 11) is 0. The van der Waals surface area contributed by atoms with Crippen LogP contribution in [0.5, 0.6) is 0 Å². The zero-order valence-corrected chi connectivity index (χ0v) is 14.8. The molecule has 138 valence electrons. The molecule has 1 saturated carbocycles. The topological polar surface area (TPSA) is 94.4 Å². The highest BCUT2D eigenvalue weighted by atomic mass is 16.3. The number of nitrogens with one attached hydrogen (secondary N) is 2. The van der Waals surface area contributed by atoms with Crippen LogP contribution in [-0.2, 0) is 11.2 Å². The van der Waals surface area contributed by atoms with Crippen LogP contribution >= 0.6 is 0 Å². The van der Waals surface area contributed by atoms with Crippen LogP contribution in [0, 0.1) is 17.8 Å². The van der Waals surface area contributed by atoms with Gasteiger partial charge < -0.3 is 10.1 Å². The van der Waals surface area contributed by atoms with Gasteiger partial charge in [-0.05, 0) is 49.1 Å². The molecular formula is C20H26N4O2. The van der Waals surface area contributed by atoms with E-state index in [2.05, 4.69) is 39.6 Å². The number of aliphatic hydroxyl groups excluding tert-OH is 1. The number of hydrogen-bond acceptors (Lipinski definition) is 4. The summed E-state index contributed by atoms with van der Waals surface area (Å²) in [5.41, 5.74) is 6.29. The molecule has 2 aromatic rings. The number of amides is 1. The van der Waals surface area contributed by atoms with E-state index in [-0.39, 0.29) is 11.8 Å². The molecule has 6 heteroatoms. The van der Waals surface area contributed by atoms with Crippen LogP contribution < -0.4 is 11.3 Å². The number of hydrazine groups is 1. The fourth-order valence-corrected chi connectivity index (χ4v) is 5.69. The average Bonchev–Trinajstić information content (AvgIpc) is 3.04. The van der Waals surface area contributed by atoms with Crippen molar-refractivity contribution in [3.05, 3.63) is 35.5 Å². The summed E-state index contributed by atoms with van der Waals surface area (Å²) >= 11 is 0. The van der Waals surface area contributed by atoms with Gasteiger partial charge in [0.25, 0.3) is 0 Å². The highest BCUT2D eigenvalue weighted by Gasteiger charge is 2.46.